The molecule has 0 saturated heterocycles. The molecular weight excluding hydrogens is 307 g/mol. The Balaban J connectivity index is 1.52. The predicted molar refractivity (Wildman–Crippen MR) is 91.3 cm³/mol. The summed E-state index contributed by atoms with van der Waals surface area (Å²) in [6, 6.07) is 12.5. The molecule has 0 saturated carbocycles. The maximum absolute atomic E-state index is 13.6. The lowest BCUT2D eigenvalue weighted by molar-refractivity contribution is 0.604. The lowest BCUT2D eigenvalue weighted by Gasteiger charge is -2.12. The van der Waals surface area contributed by atoms with Crippen molar-refractivity contribution in [1.29, 1.82) is 0 Å². The minimum Gasteiger partial charge on any atom is -0.356 e. The second kappa shape index (κ2) is 7.54. The number of hydrogen-bond acceptors (Lipinski definition) is 3. The van der Waals surface area contributed by atoms with E-state index in [0.717, 1.165) is 11.5 Å². The first-order chi connectivity index (χ1) is 11.8. The molecule has 0 fully saturated rings. The van der Waals surface area contributed by atoms with Gasteiger partial charge in [-0.3, -0.25) is 9.39 Å². The van der Waals surface area contributed by atoms with Gasteiger partial charge in [0.05, 0.1) is 0 Å². The van der Waals surface area contributed by atoms with E-state index in [1.807, 2.05) is 34.9 Å². The highest BCUT2D eigenvalue weighted by molar-refractivity contribution is 5.79. The second-order valence-corrected chi connectivity index (χ2v) is 5.24. The third-order valence-electron chi connectivity index (χ3n) is 3.65. The normalized spacial score (nSPS) is 11.7. The lowest BCUT2D eigenvalue weighted by Crippen LogP contribution is -2.38. The Labute approximate surface area is 139 Å². The van der Waals surface area contributed by atoms with Crippen molar-refractivity contribution in [1.82, 2.24) is 25.2 Å². The van der Waals surface area contributed by atoms with Gasteiger partial charge in [-0.05, 0) is 18.2 Å². The quantitative estimate of drug-likeness (QED) is 0.554. The van der Waals surface area contributed by atoms with Crippen molar-refractivity contribution in [2.75, 3.05) is 13.6 Å². The van der Waals surface area contributed by atoms with E-state index in [2.05, 4.69) is 25.8 Å². The summed E-state index contributed by atoms with van der Waals surface area (Å²) in [5, 5.41) is 14.6. The smallest absolute Gasteiger partial charge is 0.191 e. The number of pyridine rings is 1. The zero-order chi connectivity index (χ0) is 16.8. The Morgan fingerprint density at radius 2 is 1.96 bits per heavy atom. The molecule has 0 radical (unpaired) electrons. The lowest BCUT2D eigenvalue weighted by atomic mass is 10.2. The largest absolute Gasteiger partial charge is 0.356 e. The van der Waals surface area contributed by atoms with Crippen molar-refractivity contribution < 1.29 is 4.39 Å². The van der Waals surface area contributed by atoms with Crippen LogP contribution < -0.4 is 10.6 Å². The van der Waals surface area contributed by atoms with Gasteiger partial charge in [-0.25, -0.2) is 4.39 Å². The molecule has 0 bridgehead atoms. The molecule has 0 aliphatic rings. The fourth-order valence-corrected chi connectivity index (χ4v) is 2.40. The fourth-order valence-electron chi connectivity index (χ4n) is 2.40. The molecule has 0 aliphatic heterocycles. The summed E-state index contributed by atoms with van der Waals surface area (Å²) in [6.07, 6.45) is 2.64. The fraction of sp³-hybridized carbons (Fsp3) is 0.235. The van der Waals surface area contributed by atoms with Crippen LogP contribution >= 0.6 is 0 Å². The number of aliphatic imine (C=N–C) groups is 1. The topological polar surface area (TPSA) is 66.6 Å². The van der Waals surface area contributed by atoms with E-state index in [4.69, 9.17) is 0 Å². The second-order valence-electron chi connectivity index (χ2n) is 5.24. The van der Waals surface area contributed by atoms with Gasteiger partial charge in [0, 0.05) is 38.3 Å². The number of nitrogens with zero attached hydrogens (tertiary/aromatic N) is 4. The van der Waals surface area contributed by atoms with Gasteiger partial charge in [0.15, 0.2) is 11.6 Å². The average Bonchev–Trinajstić information content (AvgIpc) is 3.02. The van der Waals surface area contributed by atoms with E-state index >= 15 is 0 Å². The van der Waals surface area contributed by atoms with E-state index in [1.54, 1.807) is 19.2 Å². The summed E-state index contributed by atoms with van der Waals surface area (Å²) >= 11 is 0. The van der Waals surface area contributed by atoms with Crippen molar-refractivity contribution in [2.24, 2.45) is 4.99 Å². The van der Waals surface area contributed by atoms with Crippen LogP contribution in [0.1, 0.15) is 11.4 Å². The number of fused-ring (bicyclic) bond motifs is 1. The first-order valence-electron chi connectivity index (χ1n) is 7.74. The van der Waals surface area contributed by atoms with Crippen molar-refractivity contribution in [3.63, 3.8) is 0 Å². The Kier molecular flexibility index (Phi) is 5.00. The van der Waals surface area contributed by atoms with E-state index in [-0.39, 0.29) is 5.82 Å². The summed E-state index contributed by atoms with van der Waals surface area (Å²) < 4.78 is 15.6. The van der Waals surface area contributed by atoms with Crippen LogP contribution in [0.3, 0.4) is 0 Å². The van der Waals surface area contributed by atoms with Gasteiger partial charge in [0.2, 0.25) is 0 Å². The van der Waals surface area contributed by atoms with Gasteiger partial charge in [-0.15, -0.1) is 10.2 Å². The standard InChI is InChI=1S/C17H19FN6/c1-19-17(21-12-13-6-2-3-7-14(13)18)20-10-9-16-23-22-15-8-4-5-11-24(15)16/h2-8,11H,9-10,12H2,1H3,(H2,19,20,21). The summed E-state index contributed by atoms with van der Waals surface area (Å²) in [6.45, 7) is 1.02. The highest BCUT2D eigenvalue weighted by atomic mass is 19.1. The van der Waals surface area contributed by atoms with E-state index in [1.165, 1.54) is 6.07 Å². The van der Waals surface area contributed by atoms with Crippen molar-refractivity contribution >= 4 is 11.6 Å². The maximum atomic E-state index is 13.6. The molecule has 2 heterocycles. The molecule has 0 unspecified atom stereocenters. The molecule has 2 aromatic heterocycles. The van der Waals surface area contributed by atoms with Gasteiger partial charge in [0.1, 0.15) is 11.6 Å². The van der Waals surface area contributed by atoms with Gasteiger partial charge >= 0.3 is 0 Å². The molecule has 6 nitrogen and oxygen atoms in total. The molecule has 0 atom stereocenters. The van der Waals surface area contributed by atoms with Crippen LogP contribution in [-0.2, 0) is 13.0 Å². The molecular formula is C17H19FN6. The number of halogens is 1. The van der Waals surface area contributed by atoms with Gasteiger partial charge in [-0.1, -0.05) is 24.3 Å². The third-order valence-corrected chi connectivity index (χ3v) is 3.65. The first-order valence-corrected chi connectivity index (χ1v) is 7.74. The van der Waals surface area contributed by atoms with E-state index < -0.39 is 0 Å². The summed E-state index contributed by atoms with van der Waals surface area (Å²) in [7, 11) is 1.68. The van der Waals surface area contributed by atoms with Crippen LogP contribution in [0.25, 0.3) is 5.65 Å². The van der Waals surface area contributed by atoms with Crippen molar-refractivity contribution in [3.05, 3.63) is 65.9 Å². The average molecular weight is 326 g/mol. The van der Waals surface area contributed by atoms with Crippen LogP contribution in [0.5, 0.6) is 0 Å². The Morgan fingerprint density at radius 1 is 1.12 bits per heavy atom. The minimum absolute atomic E-state index is 0.226. The number of hydrogen-bond donors (Lipinski definition) is 2. The number of rotatable bonds is 5. The summed E-state index contributed by atoms with van der Waals surface area (Å²) in [5.74, 6) is 1.27. The monoisotopic (exact) mass is 326 g/mol. The molecule has 24 heavy (non-hydrogen) atoms. The number of guanidine groups is 1. The number of nitrogens with one attached hydrogen (secondary N) is 2. The SMILES string of the molecule is CN=C(NCCc1nnc2ccccn12)NCc1ccccc1F. The minimum atomic E-state index is -0.226. The molecule has 3 rings (SSSR count). The maximum Gasteiger partial charge on any atom is 0.191 e. The summed E-state index contributed by atoms with van der Waals surface area (Å²) in [5.41, 5.74) is 1.43. The molecule has 0 amide bonds. The molecule has 0 aliphatic carbocycles. The van der Waals surface area contributed by atoms with Gasteiger partial charge in [0.25, 0.3) is 0 Å². The summed E-state index contributed by atoms with van der Waals surface area (Å²) in [4.78, 5) is 4.14. The Morgan fingerprint density at radius 3 is 2.79 bits per heavy atom. The van der Waals surface area contributed by atoms with Crippen LogP contribution in [0.15, 0.2) is 53.7 Å². The van der Waals surface area contributed by atoms with Gasteiger partial charge < -0.3 is 10.6 Å². The molecule has 1 aromatic carbocycles. The van der Waals surface area contributed by atoms with Crippen molar-refractivity contribution in [3.8, 4) is 0 Å². The van der Waals surface area contributed by atoms with E-state index in [9.17, 15) is 4.39 Å². The van der Waals surface area contributed by atoms with E-state index in [0.29, 0.717) is 31.0 Å². The molecule has 3 aromatic rings. The van der Waals surface area contributed by atoms with Crippen LogP contribution in [0.2, 0.25) is 0 Å². The predicted octanol–water partition coefficient (Wildman–Crippen LogP) is 1.78. The van der Waals surface area contributed by atoms with Crippen LogP contribution in [-0.4, -0.2) is 34.2 Å². The molecule has 124 valence electrons. The highest BCUT2D eigenvalue weighted by Crippen LogP contribution is 2.05. The third kappa shape index (κ3) is 3.68. The molecule has 2 N–H and O–H groups in total. The van der Waals surface area contributed by atoms with Crippen LogP contribution in [0, 0.1) is 5.82 Å². The first kappa shape index (κ1) is 15.9. The van der Waals surface area contributed by atoms with Crippen LogP contribution in [0.4, 0.5) is 4.39 Å². The molecule has 7 heteroatoms. The zero-order valence-corrected chi connectivity index (χ0v) is 13.4. The highest BCUT2D eigenvalue weighted by Gasteiger charge is 2.06. The molecule has 0 spiro atoms. The Hall–Kier alpha value is -2.96. The van der Waals surface area contributed by atoms with Gasteiger partial charge in [-0.2, -0.15) is 0 Å². The Bertz CT molecular complexity index is 842. The number of aromatic nitrogens is 3. The number of benzene rings is 1. The van der Waals surface area contributed by atoms with Crippen molar-refractivity contribution in [2.45, 2.75) is 13.0 Å². The zero-order valence-electron chi connectivity index (χ0n) is 13.4.